The molecule has 12 nitrogen and oxygen atoms in total. The Morgan fingerprint density at radius 2 is 1.83 bits per heavy atom. The predicted molar refractivity (Wildman–Crippen MR) is 107 cm³/mol. The molecule has 4 atom stereocenters. The standard InChI is InChI=1S/C17H28N4O8S/c1-30-6-4-10(17(28)29)19-14(25)11(7-13(23)24)20-15(26)12-3-2-5-21(12)16(27)9(18)8-22/h9-12,22H,2-8,18H2,1H3,(H,19,25)(H,20,26)(H,23,24)(H,28,29). The molecule has 1 aliphatic heterocycles. The van der Waals surface area contributed by atoms with Gasteiger partial charge in [0.15, 0.2) is 0 Å². The SMILES string of the molecule is CSCCC(NC(=O)C(CC(=O)O)NC(=O)C1CCCN1C(=O)C(N)CO)C(=O)O. The minimum atomic E-state index is -1.52. The van der Waals surface area contributed by atoms with Crippen LogP contribution in [0.5, 0.6) is 0 Å². The van der Waals surface area contributed by atoms with E-state index in [-0.39, 0.29) is 19.4 Å². The van der Waals surface area contributed by atoms with Crippen molar-refractivity contribution in [2.24, 2.45) is 5.73 Å². The first kappa shape index (κ1) is 25.7. The van der Waals surface area contributed by atoms with Crippen molar-refractivity contribution in [3.05, 3.63) is 0 Å². The van der Waals surface area contributed by atoms with Crippen LogP contribution < -0.4 is 16.4 Å². The van der Waals surface area contributed by atoms with E-state index < -0.39 is 66.9 Å². The number of carbonyl (C=O) groups is 5. The summed E-state index contributed by atoms with van der Waals surface area (Å²) >= 11 is 1.38. The van der Waals surface area contributed by atoms with Gasteiger partial charge in [-0.25, -0.2) is 4.79 Å². The average Bonchev–Trinajstić information content (AvgIpc) is 3.18. The number of carbonyl (C=O) groups excluding carboxylic acids is 3. The van der Waals surface area contributed by atoms with Crippen LogP contribution in [0.2, 0.25) is 0 Å². The maximum absolute atomic E-state index is 12.7. The molecule has 3 amide bonds. The van der Waals surface area contributed by atoms with Crippen LogP contribution in [0.3, 0.4) is 0 Å². The maximum Gasteiger partial charge on any atom is 0.326 e. The predicted octanol–water partition coefficient (Wildman–Crippen LogP) is -2.42. The van der Waals surface area contributed by atoms with Gasteiger partial charge in [-0.1, -0.05) is 0 Å². The van der Waals surface area contributed by atoms with Gasteiger partial charge in [0.25, 0.3) is 0 Å². The molecule has 0 aromatic rings. The fourth-order valence-corrected chi connectivity index (χ4v) is 3.48. The van der Waals surface area contributed by atoms with Gasteiger partial charge in [-0.15, -0.1) is 0 Å². The molecule has 0 spiro atoms. The molecule has 1 rings (SSSR count). The smallest absolute Gasteiger partial charge is 0.326 e. The molecule has 170 valence electrons. The Kier molecular flexibility index (Phi) is 10.6. The Balaban J connectivity index is 2.89. The van der Waals surface area contributed by atoms with Crippen LogP contribution in [-0.2, 0) is 24.0 Å². The van der Waals surface area contributed by atoms with Crippen molar-refractivity contribution in [1.29, 1.82) is 0 Å². The normalized spacial score (nSPS) is 18.9. The van der Waals surface area contributed by atoms with Crippen LogP contribution in [0.15, 0.2) is 0 Å². The number of rotatable bonds is 12. The molecule has 30 heavy (non-hydrogen) atoms. The highest BCUT2D eigenvalue weighted by Gasteiger charge is 2.38. The number of nitrogens with two attached hydrogens (primary N) is 1. The van der Waals surface area contributed by atoms with Crippen LogP contribution in [0, 0.1) is 0 Å². The fraction of sp³-hybridized carbons (Fsp3) is 0.706. The first-order valence-electron chi connectivity index (χ1n) is 9.33. The highest BCUT2D eigenvalue weighted by Crippen LogP contribution is 2.18. The van der Waals surface area contributed by atoms with E-state index >= 15 is 0 Å². The lowest BCUT2D eigenvalue weighted by Crippen LogP contribution is -2.57. The number of carboxylic acids is 2. The van der Waals surface area contributed by atoms with Crippen molar-refractivity contribution < 1.29 is 39.3 Å². The van der Waals surface area contributed by atoms with Crippen molar-refractivity contribution in [3.8, 4) is 0 Å². The molecule has 7 N–H and O–H groups in total. The summed E-state index contributed by atoms with van der Waals surface area (Å²) in [4.78, 5) is 61.0. The van der Waals surface area contributed by atoms with E-state index in [0.717, 1.165) is 0 Å². The van der Waals surface area contributed by atoms with Gasteiger partial charge in [-0.3, -0.25) is 19.2 Å². The first-order valence-corrected chi connectivity index (χ1v) is 10.7. The lowest BCUT2D eigenvalue weighted by atomic mass is 10.1. The van der Waals surface area contributed by atoms with E-state index in [2.05, 4.69) is 10.6 Å². The molecule has 13 heteroatoms. The molecule has 1 heterocycles. The van der Waals surface area contributed by atoms with Gasteiger partial charge in [0.1, 0.15) is 24.2 Å². The molecule has 0 radical (unpaired) electrons. The van der Waals surface area contributed by atoms with Gasteiger partial charge in [0.05, 0.1) is 13.0 Å². The molecule has 0 aliphatic carbocycles. The number of nitrogens with zero attached hydrogens (tertiary/aromatic N) is 1. The second-order valence-corrected chi connectivity index (χ2v) is 7.80. The lowest BCUT2D eigenvalue weighted by Gasteiger charge is -2.28. The van der Waals surface area contributed by atoms with Gasteiger partial charge in [-0.05, 0) is 31.3 Å². The van der Waals surface area contributed by atoms with Gasteiger partial charge in [0.2, 0.25) is 17.7 Å². The minimum absolute atomic E-state index is 0.125. The monoisotopic (exact) mass is 448 g/mol. The van der Waals surface area contributed by atoms with E-state index in [0.29, 0.717) is 12.2 Å². The third-order valence-corrected chi connectivity index (χ3v) is 5.23. The zero-order valence-electron chi connectivity index (χ0n) is 16.6. The zero-order chi connectivity index (χ0) is 22.8. The summed E-state index contributed by atoms with van der Waals surface area (Å²) in [5.74, 6) is -4.50. The second kappa shape index (κ2) is 12.3. The number of aliphatic carboxylic acids is 2. The Morgan fingerprint density at radius 3 is 2.37 bits per heavy atom. The Labute approximate surface area is 177 Å². The van der Waals surface area contributed by atoms with Gasteiger partial charge >= 0.3 is 11.9 Å². The van der Waals surface area contributed by atoms with Crippen LogP contribution in [0.1, 0.15) is 25.7 Å². The topological polar surface area (TPSA) is 199 Å². The number of carboxylic acid groups (broad SMARTS) is 2. The molecule has 0 aromatic heterocycles. The zero-order valence-corrected chi connectivity index (χ0v) is 17.4. The summed E-state index contributed by atoms with van der Waals surface area (Å²) < 4.78 is 0. The van der Waals surface area contributed by atoms with Crippen LogP contribution in [0.25, 0.3) is 0 Å². The number of aliphatic hydroxyl groups is 1. The van der Waals surface area contributed by atoms with Gasteiger partial charge < -0.3 is 36.6 Å². The average molecular weight is 448 g/mol. The number of likely N-dealkylation sites (tertiary alicyclic amines) is 1. The van der Waals surface area contributed by atoms with Crippen molar-refractivity contribution >= 4 is 41.4 Å². The number of nitrogens with one attached hydrogen (secondary N) is 2. The molecule has 0 saturated carbocycles. The van der Waals surface area contributed by atoms with E-state index in [1.165, 1.54) is 16.7 Å². The van der Waals surface area contributed by atoms with Crippen LogP contribution in [0.4, 0.5) is 0 Å². The van der Waals surface area contributed by atoms with E-state index in [1.807, 2.05) is 0 Å². The highest BCUT2D eigenvalue weighted by molar-refractivity contribution is 7.98. The molecule has 4 unspecified atom stereocenters. The van der Waals surface area contributed by atoms with Gasteiger partial charge in [-0.2, -0.15) is 11.8 Å². The quantitative estimate of drug-likeness (QED) is 0.187. The third-order valence-electron chi connectivity index (χ3n) is 4.59. The fourth-order valence-electron chi connectivity index (χ4n) is 3.01. The molecule has 0 aromatic carbocycles. The van der Waals surface area contributed by atoms with Crippen molar-refractivity contribution in [2.45, 2.75) is 49.9 Å². The number of hydrogen-bond donors (Lipinski definition) is 6. The molecule has 1 saturated heterocycles. The van der Waals surface area contributed by atoms with E-state index in [1.54, 1.807) is 6.26 Å². The summed E-state index contributed by atoms with van der Waals surface area (Å²) in [6.45, 7) is -0.365. The lowest BCUT2D eigenvalue weighted by molar-refractivity contribution is -0.145. The summed E-state index contributed by atoms with van der Waals surface area (Å²) in [6.07, 6.45) is 1.91. The molecular weight excluding hydrogens is 420 g/mol. The van der Waals surface area contributed by atoms with Crippen molar-refractivity contribution in [1.82, 2.24) is 15.5 Å². The Bertz CT molecular complexity index is 662. The Hall–Kier alpha value is -2.38. The minimum Gasteiger partial charge on any atom is -0.481 e. The highest BCUT2D eigenvalue weighted by atomic mass is 32.2. The summed E-state index contributed by atoms with van der Waals surface area (Å²) in [6, 6.07) is -4.91. The van der Waals surface area contributed by atoms with Crippen LogP contribution in [-0.4, -0.2) is 99.2 Å². The maximum atomic E-state index is 12.7. The molecule has 0 bridgehead atoms. The van der Waals surface area contributed by atoms with Crippen LogP contribution >= 0.6 is 11.8 Å². The summed E-state index contributed by atoms with van der Waals surface area (Å²) in [5.41, 5.74) is 5.53. The van der Waals surface area contributed by atoms with Crippen molar-refractivity contribution in [2.75, 3.05) is 25.2 Å². The number of thioether (sulfide) groups is 1. The molecular formula is C17H28N4O8S. The van der Waals surface area contributed by atoms with Crippen molar-refractivity contribution in [3.63, 3.8) is 0 Å². The number of amides is 3. The summed E-state index contributed by atoms with van der Waals surface area (Å²) in [5, 5.41) is 31.9. The Morgan fingerprint density at radius 1 is 1.17 bits per heavy atom. The second-order valence-electron chi connectivity index (χ2n) is 6.82. The third kappa shape index (κ3) is 7.46. The number of aliphatic hydroxyl groups excluding tert-OH is 1. The number of hydrogen-bond acceptors (Lipinski definition) is 8. The molecule has 1 aliphatic rings. The summed E-state index contributed by atoms with van der Waals surface area (Å²) in [7, 11) is 0. The molecule has 1 fully saturated rings. The van der Waals surface area contributed by atoms with E-state index in [4.69, 9.17) is 15.9 Å². The van der Waals surface area contributed by atoms with E-state index in [9.17, 15) is 29.1 Å². The first-order chi connectivity index (χ1) is 14.1. The largest absolute Gasteiger partial charge is 0.481 e. The van der Waals surface area contributed by atoms with Gasteiger partial charge in [0, 0.05) is 6.54 Å².